The van der Waals surface area contributed by atoms with Gasteiger partial charge in [0.15, 0.2) is 0 Å². The maximum Gasteiger partial charge on any atom is 0.270 e. The van der Waals surface area contributed by atoms with Crippen molar-refractivity contribution in [3.05, 3.63) is 65.9 Å². The van der Waals surface area contributed by atoms with Gasteiger partial charge in [0.25, 0.3) is 11.8 Å². The number of fused-ring (bicyclic) bond motifs is 1. The Morgan fingerprint density at radius 1 is 0.862 bits per heavy atom. The van der Waals surface area contributed by atoms with Crippen molar-refractivity contribution in [2.75, 3.05) is 26.2 Å². The first-order valence-electron chi connectivity index (χ1n) is 9.12. The number of nitrogens with one attached hydrogen (secondary N) is 1. The van der Waals surface area contributed by atoms with Gasteiger partial charge in [0, 0.05) is 42.6 Å². The normalized spacial score (nSPS) is 14.9. The van der Waals surface area contributed by atoms with Gasteiger partial charge < -0.3 is 14.8 Å². The number of carbonyl (C=O) groups excluding carboxylic acids is 2. The van der Waals surface area contributed by atoms with E-state index in [0.717, 1.165) is 10.9 Å². The number of piperazine rings is 1. The Morgan fingerprint density at radius 3 is 2.03 bits per heavy atom. The van der Waals surface area contributed by atoms with Gasteiger partial charge in [-0.15, -0.1) is 0 Å². The molecule has 0 saturated carbocycles. The van der Waals surface area contributed by atoms with Gasteiger partial charge in [-0.2, -0.15) is 0 Å². The van der Waals surface area contributed by atoms with E-state index in [-0.39, 0.29) is 16.7 Å². The molecule has 2 aromatic carbocycles. The predicted molar refractivity (Wildman–Crippen MR) is 108 cm³/mol. The minimum atomic E-state index is -3.80. The lowest BCUT2D eigenvalue weighted by atomic mass is 10.2. The molecule has 8 nitrogen and oxygen atoms in total. The number of rotatable bonds is 3. The van der Waals surface area contributed by atoms with E-state index in [0.29, 0.717) is 37.4 Å². The van der Waals surface area contributed by atoms with E-state index >= 15 is 0 Å². The van der Waals surface area contributed by atoms with E-state index in [2.05, 4.69) is 4.98 Å². The van der Waals surface area contributed by atoms with Crippen LogP contribution < -0.4 is 5.14 Å². The predicted octanol–water partition coefficient (Wildman–Crippen LogP) is 1.41. The second kappa shape index (κ2) is 7.34. The molecule has 0 unspecified atom stereocenters. The molecule has 0 radical (unpaired) electrons. The third-order valence-corrected chi connectivity index (χ3v) is 5.97. The highest BCUT2D eigenvalue weighted by atomic mass is 32.2. The van der Waals surface area contributed by atoms with Crippen molar-refractivity contribution < 1.29 is 18.0 Å². The summed E-state index contributed by atoms with van der Waals surface area (Å²) in [7, 11) is -3.80. The van der Waals surface area contributed by atoms with Crippen LogP contribution in [-0.2, 0) is 10.0 Å². The van der Waals surface area contributed by atoms with E-state index in [4.69, 9.17) is 5.14 Å². The highest BCUT2D eigenvalue weighted by molar-refractivity contribution is 7.89. The molecular weight excluding hydrogens is 392 g/mol. The first-order valence-corrected chi connectivity index (χ1v) is 10.7. The standard InChI is InChI=1S/C20H20N4O4S/c21-29(27,28)16-7-5-14(6-8-16)19(25)23-9-11-24(12-10-23)20(26)18-13-15-3-1-2-4-17(15)22-18/h1-8,13,22H,9-12H2,(H2,21,27,28). The lowest BCUT2D eigenvalue weighted by Gasteiger charge is -2.34. The van der Waals surface area contributed by atoms with E-state index in [1.165, 1.54) is 24.3 Å². The van der Waals surface area contributed by atoms with Crippen LogP contribution in [0.25, 0.3) is 10.9 Å². The number of hydrogen-bond acceptors (Lipinski definition) is 4. The maximum absolute atomic E-state index is 12.8. The number of primary sulfonamides is 1. The summed E-state index contributed by atoms with van der Waals surface area (Å²) in [5.74, 6) is -0.297. The largest absolute Gasteiger partial charge is 0.351 e. The average Bonchev–Trinajstić information content (AvgIpc) is 3.16. The average molecular weight is 412 g/mol. The topological polar surface area (TPSA) is 117 Å². The van der Waals surface area contributed by atoms with Crippen LogP contribution in [0.4, 0.5) is 0 Å². The minimum Gasteiger partial charge on any atom is -0.351 e. The molecule has 0 spiro atoms. The fraction of sp³-hybridized carbons (Fsp3) is 0.200. The summed E-state index contributed by atoms with van der Waals surface area (Å²) in [6.45, 7) is 1.66. The molecule has 4 rings (SSSR count). The first kappa shape index (κ1) is 19.2. The number of para-hydroxylation sites is 1. The molecule has 29 heavy (non-hydrogen) atoms. The van der Waals surface area contributed by atoms with Gasteiger partial charge in [-0.3, -0.25) is 9.59 Å². The van der Waals surface area contributed by atoms with Gasteiger partial charge in [0.1, 0.15) is 5.69 Å². The lowest BCUT2D eigenvalue weighted by molar-refractivity contribution is 0.0533. The Kier molecular flexibility index (Phi) is 4.85. The smallest absolute Gasteiger partial charge is 0.270 e. The van der Waals surface area contributed by atoms with E-state index in [1.807, 2.05) is 30.3 Å². The molecule has 3 aromatic rings. The Labute approximate surface area is 168 Å². The number of nitrogens with two attached hydrogens (primary N) is 1. The summed E-state index contributed by atoms with van der Waals surface area (Å²) in [6.07, 6.45) is 0. The molecule has 1 aliphatic rings. The summed E-state index contributed by atoms with van der Waals surface area (Å²) in [6, 6.07) is 15.1. The molecule has 0 aliphatic carbocycles. The van der Waals surface area contributed by atoms with Crippen LogP contribution in [0.3, 0.4) is 0 Å². The van der Waals surface area contributed by atoms with Crippen LogP contribution in [0.2, 0.25) is 0 Å². The van der Waals surface area contributed by atoms with Gasteiger partial charge in [0.2, 0.25) is 10.0 Å². The van der Waals surface area contributed by atoms with Crippen molar-refractivity contribution in [2.24, 2.45) is 5.14 Å². The number of carbonyl (C=O) groups is 2. The molecule has 150 valence electrons. The van der Waals surface area contributed by atoms with E-state index < -0.39 is 10.0 Å². The molecule has 2 amide bonds. The Hall–Kier alpha value is -3.17. The van der Waals surface area contributed by atoms with Gasteiger partial charge in [-0.05, 0) is 36.4 Å². The molecule has 9 heteroatoms. The lowest BCUT2D eigenvalue weighted by Crippen LogP contribution is -2.50. The zero-order valence-corrected chi connectivity index (χ0v) is 16.4. The van der Waals surface area contributed by atoms with Crippen molar-refractivity contribution >= 4 is 32.7 Å². The first-order chi connectivity index (χ1) is 13.8. The summed E-state index contributed by atoms with van der Waals surface area (Å²) in [5.41, 5.74) is 1.82. The molecule has 0 bridgehead atoms. The quantitative estimate of drug-likeness (QED) is 0.676. The molecule has 3 N–H and O–H groups in total. The molecule has 0 atom stereocenters. The van der Waals surface area contributed by atoms with Crippen molar-refractivity contribution in [2.45, 2.75) is 4.90 Å². The number of hydrogen-bond donors (Lipinski definition) is 2. The Morgan fingerprint density at radius 2 is 1.45 bits per heavy atom. The van der Waals surface area contributed by atoms with Crippen LogP contribution in [0, 0.1) is 0 Å². The molecule has 1 fully saturated rings. The number of sulfonamides is 1. The summed E-state index contributed by atoms with van der Waals surface area (Å²) >= 11 is 0. The third-order valence-electron chi connectivity index (χ3n) is 5.04. The van der Waals surface area contributed by atoms with Crippen molar-refractivity contribution in [3.8, 4) is 0 Å². The number of H-pyrrole nitrogens is 1. The zero-order valence-electron chi connectivity index (χ0n) is 15.5. The number of aromatic amines is 1. The van der Waals surface area contributed by atoms with Gasteiger partial charge in [-0.25, -0.2) is 13.6 Å². The van der Waals surface area contributed by atoms with Gasteiger partial charge in [0.05, 0.1) is 4.90 Å². The molecule has 1 aliphatic heterocycles. The fourth-order valence-electron chi connectivity index (χ4n) is 3.44. The molecule has 1 saturated heterocycles. The second-order valence-corrected chi connectivity index (χ2v) is 8.49. The maximum atomic E-state index is 12.8. The summed E-state index contributed by atoms with van der Waals surface area (Å²) in [5, 5.41) is 6.06. The molecule has 2 heterocycles. The summed E-state index contributed by atoms with van der Waals surface area (Å²) < 4.78 is 22.7. The Balaban J connectivity index is 1.41. The van der Waals surface area contributed by atoms with Crippen molar-refractivity contribution in [1.29, 1.82) is 0 Å². The molecule has 1 aromatic heterocycles. The van der Waals surface area contributed by atoms with E-state index in [9.17, 15) is 18.0 Å². The Bertz CT molecular complexity index is 1140. The van der Waals surface area contributed by atoms with Crippen molar-refractivity contribution in [1.82, 2.24) is 14.8 Å². The monoisotopic (exact) mass is 412 g/mol. The van der Waals surface area contributed by atoms with Crippen LogP contribution >= 0.6 is 0 Å². The van der Waals surface area contributed by atoms with Crippen molar-refractivity contribution in [3.63, 3.8) is 0 Å². The highest BCUT2D eigenvalue weighted by Crippen LogP contribution is 2.18. The number of benzene rings is 2. The fourth-order valence-corrected chi connectivity index (χ4v) is 3.96. The SMILES string of the molecule is NS(=O)(=O)c1ccc(C(=O)N2CCN(C(=O)c3cc4ccccc4[nH]3)CC2)cc1. The summed E-state index contributed by atoms with van der Waals surface area (Å²) in [4.78, 5) is 31.9. The second-order valence-electron chi connectivity index (χ2n) is 6.92. The molecular formula is C20H20N4O4S. The number of aromatic nitrogens is 1. The van der Waals surface area contributed by atoms with E-state index in [1.54, 1.807) is 9.80 Å². The zero-order chi connectivity index (χ0) is 20.6. The van der Waals surface area contributed by atoms with Gasteiger partial charge in [-0.1, -0.05) is 18.2 Å². The number of amides is 2. The van der Waals surface area contributed by atoms with Crippen LogP contribution in [-0.4, -0.2) is 61.2 Å². The third kappa shape index (κ3) is 3.87. The minimum absolute atomic E-state index is 0.0391. The van der Waals surface area contributed by atoms with Crippen LogP contribution in [0.15, 0.2) is 59.5 Å². The van der Waals surface area contributed by atoms with Crippen LogP contribution in [0.5, 0.6) is 0 Å². The van der Waals surface area contributed by atoms with Gasteiger partial charge >= 0.3 is 0 Å². The number of nitrogens with zero attached hydrogens (tertiary/aromatic N) is 2. The van der Waals surface area contributed by atoms with Crippen LogP contribution in [0.1, 0.15) is 20.8 Å². The highest BCUT2D eigenvalue weighted by Gasteiger charge is 2.26.